The molecule has 0 aliphatic heterocycles. The molecule has 0 saturated heterocycles. The minimum Gasteiger partial charge on any atom is -0.443 e. The molecule has 0 aliphatic carbocycles. The first-order valence-electron chi connectivity index (χ1n) is 9.31. The minimum atomic E-state index is -0.727. The molecule has 29 heavy (non-hydrogen) atoms. The number of imide groups is 1. The molecule has 2 rings (SSSR count). The normalized spacial score (nSPS) is 12.3. The molecule has 0 atom stereocenters. The molecule has 2 aromatic rings. The van der Waals surface area contributed by atoms with Crippen LogP contribution in [-0.4, -0.2) is 45.6 Å². The Morgan fingerprint density at radius 1 is 1.03 bits per heavy atom. The average molecular weight is 437 g/mol. The highest BCUT2D eigenvalue weighted by atomic mass is 32.2. The summed E-state index contributed by atoms with van der Waals surface area (Å²) in [6.45, 7) is 10.6. The highest BCUT2D eigenvalue weighted by Crippen LogP contribution is 2.29. The zero-order valence-corrected chi connectivity index (χ0v) is 19.4. The number of para-hydroxylation sites is 1. The van der Waals surface area contributed by atoms with E-state index in [4.69, 9.17) is 9.47 Å². The van der Waals surface area contributed by atoms with Gasteiger partial charge in [-0.3, -0.25) is 0 Å². The van der Waals surface area contributed by atoms with Gasteiger partial charge in [0.1, 0.15) is 11.2 Å². The molecule has 0 radical (unpaired) electrons. The van der Waals surface area contributed by atoms with E-state index in [0.29, 0.717) is 5.75 Å². The van der Waals surface area contributed by atoms with E-state index >= 15 is 0 Å². The lowest BCUT2D eigenvalue weighted by atomic mass is 10.2. The SMILES string of the molecule is CC(C)(C)OC(=O)N(C/C=C\CSc1nc2ccccc2s1)C(=O)OC(C)(C)C. The molecule has 0 unspecified atom stereocenters. The Hall–Kier alpha value is -2.06. The number of benzene rings is 1. The van der Waals surface area contributed by atoms with Gasteiger partial charge in [0.15, 0.2) is 4.34 Å². The monoisotopic (exact) mass is 436 g/mol. The van der Waals surface area contributed by atoms with Crippen molar-refractivity contribution < 1.29 is 19.1 Å². The molecule has 0 saturated carbocycles. The Kier molecular flexibility index (Phi) is 7.71. The molecule has 0 N–H and O–H groups in total. The number of rotatable bonds is 5. The van der Waals surface area contributed by atoms with Crippen LogP contribution in [0.2, 0.25) is 0 Å². The predicted octanol–water partition coefficient (Wildman–Crippen LogP) is 6.12. The van der Waals surface area contributed by atoms with Crippen molar-refractivity contribution in [2.45, 2.75) is 57.1 Å². The van der Waals surface area contributed by atoms with Gasteiger partial charge in [0.25, 0.3) is 0 Å². The Bertz CT molecular complexity index is 818. The van der Waals surface area contributed by atoms with E-state index in [2.05, 4.69) is 4.98 Å². The third-order valence-corrected chi connectivity index (χ3v) is 5.39. The Balaban J connectivity index is 1.96. The van der Waals surface area contributed by atoms with Crippen LogP contribution < -0.4 is 0 Å². The molecular formula is C21H28N2O4S2. The second-order valence-corrected chi connectivity index (χ2v) is 10.6. The van der Waals surface area contributed by atoms with Crippen molar-refractivity contribution in [2.75, 3.05) is 12.3 Å². The second-order valence-electron chi connectivity index (χ2n) is 8.30. The standard InChI is InChI=1S/C21H28N2O4S2/c1-20(2,3)26-18(24)23(19(25)27-21(4,5)6)13-9-10-14-28-17-22-15-11-7-8-12-16(15)29-17/h7-12H,13-14H2,1-6H3/b10-9-. The van der Waals surface area contributed by atoms with Crippen molar-refractivity contribution in [1.29, 1.82) is 0 Å². The number of ether oxygens (including phenoxy) is 2. The number of carbonyl (C=O) groups excluding carboxylic acids is 2. The molecule has 0 fully saturated rings. The fourth-order valence-electron chi connectivity index (χ4n) is 2.14. The van der Waals surface area contributed by atoms with E-state index in [0.717, 1.165) is 19.5 Å². The van der Waals surface area contributed by atoms with Gasteiger partial charge in [0, 0.05) is 5.75 Å². The fourth-order valence-corrected chi connectivity index (χ4v) is 4.08. The van der Waals surface area contributed by atoms with Crippen LogP contribution in [0.3, 0.4) is 0 Å². The van der Waals surface area contributed by atoms with Gasteiger partial charge >= 0.3 is 12.2 Å². The Morgan fingerprint density at radius 2 is 1.62 bits per heavy atom. The van der Waals surface area contributed by atoms with E-state index < -0.39 is 23.4 Å². The molecule has 1 aromatic carbocycles. The fraction of sp³-hybridized carbons (Fsp3) is 0.476. The summed E-state index contributed by atoms with van der Waals surface area (Å²) in [5.74, 6) is 0.677. The van der Waals surface area contributed by atoms with Gasteiger partial charge in [0.05, 0.1) is 16.8 Å². The third-order valence-electron chi connectivity index (χ3n) is 3.26. The van der Waals surface area contributed by atoms with Crippen LogP contribution in [0.4, 0.5) is 9.59 Å². The molecule has 0 bridgehead atoms. The van der Waals surface area contributed by atoms with Gasteiger partial charge in [-0.25, -0.2) is 19.5 Å². The number of aromatic nitrogens is 1. The molecule has 0 spiro atoms. The largest absolute Gasteiger partial charge is 0.443 e. The van der Waals surface area contributed by atoms with Gasteiger partial charge in [-0.05, 0) is 53.7 Å². The van der Waals surface area contributed by atoms with Crippen molar-refractivity contribution in [3.63, 3.8) is 0 Å². The highest BCUT2D eigenvalue weighted by molar-refractivity contribution is 8.01. The van der Waals surface area contributed by atoms with Crippen LogP contribution in [0.25, 0.3) is 10.2 Å². The predicted molar refractivity (Wildman–Crippen MR) is 119 cm³/mol. The molecule has 8 heteroatoms. The quantitative estimate of drug-likeness (QED) is 0.416. The number of carbonyl (C=O) groups is 2. The number of fused-ring (bicyclic) bond motifs is 1. The maximum absolute atomic E-state index is 12.4. The van der Waals surface area contributed by atoms with E-state index in [-0.39, 0.29) is 6.54 Å². The smallest absolute Gasteiger partial charge is 0.420 e. The summed E-state index contributed by atoms with van der Waals surface area (Å²) in [4.78, 5) is 30.4. The van der Waals surface area contributed by atoms with Crippen molar-refractivity contribution in [3.05, 3.63) is 36.4 Å². The summed E-state index contributed by atoms with van der Waals surface area (Å²) in [5, 5.41) is 0. The summed E-state index contributed by atoms with van der Waals surface area (Å²) < 4.78 is 12.8. The number of thioether (sulfide) groups is 1. The average Bonchev–Trinajstić information content (AvgIpc) is 2.97. The first-order chi connectivity index (χ1) is 13.4. The van der Waals surface area contributed by atoms with E-state index in [1.165, 1.54) is 0 Å². The Labute approximate surface area is 180 Å². The van der Waals surface area contributed by atoms with Gasteiger partial charge < -0.3 is 9.47 Å². The number of hydrogen-bond donors (Lipinski definition) is 0. The topological polar surface area (TPSA) is 68.7 Å². The van der Waals surface area contributed by atoms with Crippen LogP contribution in [0.1, 0.15) is 41.5 Å². The van der Waals surface area contributed by atoms with Crippen LogP contribution in [0.5, 0.6) is 0 Å². The molecule has 6 nitrogen and oxygen atoms in total. The van der Waals surface area contributed by atoms with Crippen LogP contribution in [0, 0.1) is 0 Å². The van der Waals surface area contributed by atoms with Gasteiger partial charge in [0.2, 0.25) is 0 Å². The zero-order chi connectivity index (χ0) is 21.7. The zero-order valence-electron chi connectivity index (χ0n) is 17.7. The lowest BCUT2D eigenvalue weighted by Crippen LogP contribution is -2.43. The number of nitrogens with zero attached hydrogens (tertiary/aromatic N) is 2. The third kappa shape index (κ3) is 8.06. The van der Waals surface area contributed by atoms with E-state index in [1.54, 1.807) is 70.7 Å². The van der Waals surface area contributed by atoms with Gasteiger partial charge in [-0.15, -0.1) is 11.3 Å². The van der Waals surface area contributed by atoms with E-state index in [9.17, 15) is 9.59 Å². The summed E-state index contributed by atoms with van der Waals surface area (Å²) in [7, 11) is 0. The molecule has 158 valence electrons. The first-order valence-corrected chi connectivity index (χ1v) is 11.1. The molecule has 2 amide bonds. The van der Waals surface area contributed by atoms with Gasteiger partial charge in [-0.1, -0.05) is 36.0 Å². The summed E-state index contributed by atoms with van der Waals surface area (Å²) in [6.07, 6.45) is 2.21. The van der Waals surface area contributed by atoms with E-state index in [1.807, 2.05) is 30.3 Å². The first kappa shape index (κ1) is 23.2. The number of thiazole rings is 1. The van der Waals surface area contributed by atoms with Crippen LogP contribution >= 0.6 is 23.1 Å². The lowest BCUT2D eigenvalue weighted by Gasteiger charge is -2.28. The second kappa shape index (κ2) is 9.63. The summed E-state index contributed by atoms with van der Waals surface area (Å²) in [5.41, 5.74) is -0.418. The minimum absolute atomic E-state index is 0.0736. The number of hydrogen-bond acceptors (Lipinski definition) is 7. The maximum Gasteiger partial charge on any atom is 0.420 e. The molecule has 1 heterocycles. The molecule has 1 aromatic heterocycles. The van der Waals surface area contributed by atoms with Crippen molar-refractivity contribution >= 4 is 45.5 Å². The highest BCUT2D eigenvalue weighted by Gasteiger charge is 2.30. The Morgan fingerprint density at radius 3 is 2.17 bits per heavy atom. The van der Waals surface area contributed by atoms with Crippen molar-refractivity contribution in [3.8, 4) is 0 Å². The molecular weight excluding hydrogens is 408 g/mol. The number of amides is 2. The maximum atomic E-state index is 12.4. The lowest BCUT2D eigenvalue weighted by molar-refractivity contribution is 0.00374. The van der Waals surface area contributed by atoms with Crippen LogP contribution in [-0.2, 0) is 9.47 Å². The van der Waals surface area contributed by atoms with Crippen molar-refractivity contribution in [1.82, 2.24) is 9.88 Å². The summed E-state index contributed by atoms with van der Waals surface area (Å²) in [6, 6.07) is 8.01. The van der Waals surface area contributed by atoms with Crippen LogP contribution in [0.15, 0.2) is 40.8 Å². The van der Waals surface area contributed by atoms with Crippen molar-refractivity contribution in [2.24, 2.45) is 0 Å². The van der Waals surface area contributed by atoms with Gasteiger partial charge in [-0.2, -0.15) is 0 Å². The summed E-state index contributed by atoms with van der Waals surface area (Å²) >= 11 is 3.25. The molecule has 0 aliphatic rings.